The van der Waals surface area contributed by atoms with Gasteiger partial charge in [-0.2, -0.15) is 0 Å². The van der Waals surface area contributed by atoms with E-state index >= 15 is 0 Å². The Morgan fingerprint density at radius 1 is 1.00 bits per heavy atom. The van der Waals surface area contributed by atoms with E-state index in [0.29, 0.717) is 36.1 Å². The van der Waals surface area contributed by atoms with Crippen LogP contribution in [0.5, 0.6) is 11.5 Å². The van der Waals surface area contributed by atoms with Crippen LogP contribution in [0, 0.1) is 0 Å². The minimum absolute atomic E-state index is 0.00796. The second kappa shape index (κ2) is 6.97. The summed E-state index contributed by atoms with van der Waals surface area (Å²) in [5.41, 5.74) is 0.606. The van der Waals surface area contributed by atoms with E-state index in [4.69, 9.17) is 13.9 Å². The first-order valence-corrected chi connectivity index (χ1v) is 9.04. The predicted octanol–water partition coefficient (Wildman–Crippen LogP) is 2.98. The van der Waals surface area contributed by atoms with Gasteiger partial charge < -0.3 is 18.8 Å². The van der Waals surface area contributed by atoms with E-state index in [2.05, 4.69) is 10.2 Å². The van der Waals surface area contributed by atoms with E-state index in [1.807, 2.05) is 4.90 Å². The molecule has 1 saturated carbocycles. The number of likely N-dealkylation sites (tertiary alicyclic amines) is 1. The summed E-state index contributed by atoms with van der Waals surface area (Å²) in [5.74, 6) is 3.41. The molecule has 2 aromatic rings. The number of methoxy groups -OCH3 is 2. The van der Waals surface area contributed by atoms with Gasteiger partial charge in [-0.1, -0.05) is 0 Å². The summed E-state index contributed by atoms with van der Waals surface area (Å²) in [6, 6.07) is 5.26. The third kappa shape index (κ3) is 3.25. The number of amides is 1. The van der Waals surface area contributed by atoms with Gasteiger partial charge >= 0.3 is 0 Å². The van der Waals surface area contributed by atoms with Gasteiger partial charge in [0.25, 0.3) is 5.91 Å². The lowest BCUT2D eigenvalue weighted by atomic mass is 9.96. The Morgan fingerprint density at radius 2 is 1.62 bits per heavy atom. The van der Waals surface area contributed by atoms with E-state index in [-0.39, 0.29) is 11.8 Å². The number of piperidine rings is 1. The molecule has 7 heteroatoms. The zero-order chi connectivity index (χ0) is 18.1. The van der Waals surface area contributed by atoms with E-state index in [0.717, 1.165) is 37.5 Å². The molecule has 2 heterocycles. The van der Waals surface area contributed by atoms with Crippen LogP contribution in [-0.2, 0) is 0 Å². The van der Waals surface area contributed by atoms with Crippen molar-refractivity contribution in [1.29, 1.82) is 0 Å². The van der Waals surface area contributed by atoms with E-state index in [1.54, 1.807) is 32.4 Å². The van der Waals surface area contributed by atoms with Gasteiger partial charge in [0.15, 0.2) is 11.5 Å². The lowest BCUT2D eigenvalue weighted by Crippen LogP contribution is -2.38. The number of carbonyl (C=O) groups is 1. The van der Waals surface area contributed by atoms with Crippen LogP contribution >= 0.6 is 0 Å². The lowest BCUT2D eigenvalue weighted by Gasteiger charge is -2.30. The summed E-state index contributed by atoms with van der Waals surface area (Å²) < 4.78 is 16.3. The zero-order valence-electron chi connectivity index (χ0n) is 15.1. The molecule has 0 radical (unpaired) electrons. The van der Waals surface area contributed by atoms with Crippen molar-refractivity contribution in [2.75, 3.05) is 27.3 Å². The second-order valence-corrected chi connectivity index (χ2v) is 6.89. The van der Waals surface area contributed by atoms with Gasteiger partial charge in [0.1, 0.15) is 0 Å². The average Bonchev–Trinajstić information content (AvgIpc) is 3.43. The molecule has 0 N–H and O–H groups in total. The molecule has 1 amide bonds. The Morgan fingerprint density at radius 3 is 2.19 bits per heavy atom. The monoisotopic (exact) mass is 357 g/mol. The van der Waals surface area contributed by atoms with Gasteiger partial charge in [0.2, 0.25) is 11.8 Å². The molecule has 0 bridgehead atoms. The Bertz CT molecular complexity index is 792. The minimum atomic E-state index is 0.00796. The minimum Gasteiger partial charge on any atom is -0.493 e. The molecular formula is C19H23N3O4. The van der Waals surface area contributed by atoms with Crippen molar-refractivity contribution in [3.05, 3.63) is 35.5 Å². The molecule has 0 unspecified atom stereocenters. The summed E-state index contributed by atoms with van der Waals surface area (Å²) >= 11 is 0. The maximum atomic E-state index is 12.8. The van der Waals surface area contributed by atoms with Gasteiger partial charge in [-0.25, -0.2) is 0 Å². The van der Waals surface area contributed by atoms with Crippen molar-refractivity contribution in [1.82, 2.24) is 15.1 Å². The van der Waals surface area contributed by atoms with Crippen LogP contribution in [0.2, 0.25) is 0 Å². The maximum Gasteiger partial charge on any atom is 0.253 e. The molecule has 1 aromatic heterocycles. The molecule has 4 rings (SSSR count). The molecule has 138 valence electrons. The highest BCUT2D eigenvalue weighted by molar-refractivity contribution is 5.95. The summed E-state index contributed by atoms with van der Waals surface area (Å²) in [4.78, 5) is 14.7. The van der Waals surface area contributed by atoms with Crippen LogP contribution < -0.4 is 9.47 Å². The fourth-order valence-corrected chi connectivity index (χ4v) is 3.39. The Labute approximate surface area is 152 Å². The average molecular weight is 357 g/mol. The summed E-state index contributed by atoms with van der Waals surface area (Å²) in [7, 11) is 3.15. The highest BCUT2D eigenvalue weighted by Crippen LogP contribution is 2.40. The van der Waals surface area contributed by atoms with Crippen LogP contribution in [0.4, 0.5) is 0 Å². The molecule has 1 aliphatic heterocycles. The van der Waals surface area contributed by atoms with Gasteiger partial charge in [-0.05, 0) is 43.9 Å². The van der Waals surface area contributed by atoms with Crippen molar-refractivity contribution >= 4 is 5.91 Å². The molecule has 1 saturated heterocycles. The Balaban J connectivity index is 1.39. The molecule has 0 spiro atoms. The van der Waals surface area contributed by atoms with E-state index < -0.39 is 0 Å². The largest absolute Gasteiger partial charge is 0.493 e. The van der Waals surface area contributed by atoms with Crippen molar-refractivity contribution in [3.8, 4) is 11.5 Å². The van der Waals surface area contributed by atoms with Crippen LogP contribution in [0.3, 0.4) is 0 Å². The Hall–Kier alpha value is -2.57. The first-order chi connectivity index (χ1) is 12.7. The van der Waals surface area contributed by atoms with Crippen molar-refractivity contribution in [3.63, 3.8) is 0 Å². The number of hydrogen-bond donors (Lipinski definition) is 0. The standard InChI is InChI=1S/C19H23N3O4/c1-24-15-6-5-14(11-16(15)25-2)19(23)22-9-7-13(8-10-22)18-21-20-17(26-18)12-3-4-12/h5-6,11-13H,3-4,7-10H2,1-2H3. The van der Waals surface area contributed by atoms with Crippen molar-refractivity contribution in [2.24, 2.45) is 0 Å². The quantitative estimate of drug-likeness (QED) is 0.819. The van der Waals surface area contributed by atoms with Gasteiger partial charge in [-0.15, -0.1) is 10.2 Å². The molecule has 1 aliphatic carbocycles. The van der Waals surface area contributed by atoms with E-state index in [9.17, 15) is 4.79 Å². The molecule has 26 heavy (non-hydrogen) atoms. The second-order valence-electron chi connectivity index (χ2n) is 6.89. The first-order valence-electron chi connectivity index (χ1n) is 9.04. The number of hydrogen-bond acceptors (Lipinski definition) is 6. The number of benzene rings is 1. The Kier molecular flexibility index (Phi) is 4.53. The summed E-state index contributed by atoms with van der Waals surface area (Å²) in [6.07, 6.45) is 3.98. The van der Waals surface area contributed by atoms with Gasteiger partial charge in [-0.3, -0.25) is 4.79 Å². The number of carbonyl (C=O) groups excluding carboxylic acids is 1. The summed E-state index contributed by atoms with van der Waals surface area (Å²) in [5, 5.41) is 8.39. The number of aromatic nitrogens is 2. The smallest absolute Gasteiger partial charge is 0.253 e. The normalized spacial score (nSPS) is 18.0. The fourth-order valence-electron chi connectivity index (χ4n) is 3.39. The lowest BCUT2D eigenvalue weighted by molar-refractivity contribution is 0.0705. The molecule has 2 aliphatic rings. The first kappa shape index (κ1) is 16.9. The van der Waals surface area contributed by atoms with Gasteiger partial charge in [0.05, 0.1) is 14.2 Å². The molecule has 2 fully saturated rings. The van der Waals surface area contributed by atoms with Crippen LogP contribution in [-0.4, -0.2) is 48.3 Å². The predicted molar refractivity (Wildman–Crippen MR) is 93.7 cm³/mol. The van der Waals surface area contributed by atoms with E-state index in [1.165, 1.54) is 0 Å². The molecule has 7 nitrogen and oxygen atoms in total. The highest BCUT2D eigenvalue weighted by atomic mass is 16.5. The molecule has 0 atom stereocenters. The van der Waals surface area contributed by atoms with Gasteiger partial charge in [0, 0.05) is 30.5 Å². The highest BCUT2D eigenvalue weighted by Gasteiger charge is 2.32. The van der Waals surface area contributed by atoms with Crippen LogP contribution in [0.15, 0.2) is 22.6 Å². The van der Waals surface area contributed by atoms with Crippen molar-refractivity contribution in [2.45, 2.75) is 37.5 Å². The third-order valence-electron chi connectivity index (χ3n) is 5.14. The SMILES string of the molecule is COc1ccc(C(=O)N2CCC(c3nnc(C4CC4)o3)CC2)cc1OC. The molecular weight excluding hydrogens is 334 g/mol. The zero-order valence-corrected chi connectivity index (χ0v) is 15.1. The topological polar surface area (TPSA) is 77.7 Å². The van der Waals surface area contributed by atoms with Crippen LogP contribution in [0.25, 0.3) is 0 Å². The van der Waals surface area contributed by atoms with Crippen molar-refractivity contribution < 1.29 is 18.7 Å². The third-order valence-corrected chi connectivity index (χ3v) is 5.14. The number of rotatable bonds is 5. The van der Waals surface area contributed by atoms with Crippen LogP contribution in [0.1, 0.15) is 59.7 Å². The summed E-state index contributed by atoms with van der Waals surface area (Å²) in [6.45, 7) is 1.36. The number of ether oxygens (including phenoxy) is 2. The maximum absolute atomic E-state index is 12.8. The number of nitrogens with zero attached hydrogens (tertiary/aromatic N) is 3. The molecule has 1 aromatic carbocycles. The fraction of sp³-hybridized carbons (Fsp3) is 0.526.